The van der Waals surface area contributed by atoms with Gasteiger partial charge in [0.25, 0.3) is 5.91 Å². The van der Waals surface area contributed by atoms with Gasteiger partial charge in [-0.2, -0.15) is 0 Å². The molecule has 104 valence electrons. The first-order valence-electron chi connectivity index (χ1n) is 6.59. The minimum Gasteiger partial charge on any atom is -0.330 e. The van der Waals surface area contributed by atoms with Crippen LogP contribution in [-0.4, -0.2) is 28.0 Å². The Labute approximate surface area is 123 Å². The fourth-order valence-corrected chi connectivity index (χ4v) is 3.57. The number of nitrogens with one attached hydrogen (secondary N) is 1. The van der Waals surface area contributed by atoms with E-state index in [-0.39, 0.29) is 17.4 Å². The zero-order valence-corrected chi connectivity index (χ0v) is 12.5. The van der Waals surface area contributed by atoms with Crippen LogP contribution in [0.4, 0.5) is 0 Å². The van der Waals surface area contributed by atoms with E-state index in [1.807, 2.05) is 20.8 Å². The number of pyridine rings is 1. The van der Waals surface area contributed by atoms with E-state index in [1.165, 1.54) is 17.4 Å². The molecule has 0 saturated heterocycles. The van der Waals surface area contributed by atoms with Crippen LogP contribution in [0.2, 0.25) is 5.15 Å². The van der Waals surface area contributed by atoms with Gasteiger partial charge in [-0.1, -0.05) is 22.7 Å². The Morgan fingerprint density at radius 3 is 2.65 bits per heavy atom. The first kappa shape index (κ1) is 13.3. The van der Waals surface area contributed by atoms with E-state index in [1.54, 1.807) is 17.2 Å². The SMILES string of the molecule is CC1=C(C)C1(C=N)C(C)N1Cc2c(ccnc2Cl)C1=O. The number of nitrogens with zero attached hydrogens (tertiary/aromatic N) is 2. The molecular weight excluding hydrogens is 274 g/mol. The first-order chi connectivity index (χ1) is 9.45. The highest BCUT2D eigenvalue weighted by Gasteiger charge is 2.54. The molecule has 1 atom stereocenters. The Balaban J connectivity index is 1.94. The summed E-state index contributed by atoms with van der Waals surface area (Å²) in [6.07, 6.45) is 3.02. The average molecular weight is 290 g/mol. The number of fused-ring (bicyclic) bond motifs is 1. The molecule has 4 nitrogen and oxygen atoms in total. The molecule has 1 unspecified atom stereocenters. The van der Waals surface area contributed by atoms with Gasteiger partial charge in [0.1, 0.15) is 5.15 Å². The van der Waals surface area contributed by atoms with E-state index in [2.05, 4.69) is 4.98 Å². The number of hydrogen-bond donors (Lipinski definition) is 1. The predicted molar refractivity (Wildman–Crippen MR) is 78.2 cm³/mol. The van der Waals surface area contributed by atoms with Gasteiger partial charge in [0.05, 0.1) is 12.0 Å². The number of hydrogen-bond acceptors (Lipinski definition) is 3. The molecule has 0 bridgehead atoms. The van der Waals surface area contributed by atoms with E-state index in [4.69, 9.17) is 17.0 Å². The summed E-state index contributed by atoms with van der Waals surface area (Å²) >= 11 is 6.08. The first-order valence-corrected chi connectivity index (χ1v) is 6.97. The van der Waals surface area contributed by atoms with Gasteiger partial charge < -0.3 is 10.3 Å². The van der Waals surface area contributed by atoms with Gasteiger partial charge in [-0.25, -0.2) is 4.98 Å². The largest absolute Gasteiger partial charge is 0.330 e. The molecule has 3 rings (SSSR count). The lowest BCUT2D eigenvalue weighted by Crippen LogP contribution is -2.42. The fourth-order valence-electron chi connectivity index (χ4n) is 3.35. The lowest BCUT2D eigenvalue weighted by atomic mass is 9.89. The van der Waals surface area contributed by atoms with Crippen LogP contribution in [0.15, 0.2) is 23.4 Å². The van der Waals surface area contributed by atoms with Crippen LogP contribution in [-0.2, 0) is 6.54 Å². The normalized spacial score (nSPS) is 21.0. The summed E-state index contributed by atoms with van der Waals surface area (Å²) in [6, 6.07) is 1.64. The van der Waals surface area contributed by atoms with Crippen LogP contribution in [0.25, 0.3) is 0 Å². The molecule has 2 heterocycles. The molecule has 1 aromatic rings. The van der Waals surface area contributed by atoms with Gasteiger partial charge >= 0.3 is 0 Å². The quantitative estimate of drug-likeness (QED) is 0.528. The molecule has 20 heavy (non-hydrogen) atoms. The third-order valence-corrected chi connectivity index (χ3v) is 5.24. The van der Waals surface area contributed by atoms with Crippen molar-refractivity contribution < 1.29 is 4.79 Å². The minimum absolute atomic E-state index is 0.0227. The number of carbonyl (C=O) groups is 1. The molecule has 1 aliphatic heterocycles. The summed E-state index contributed by atoms with van der Waals surface area (Å²) in [5.74, 6) is -0.0227. The van der Waals surface area contributed by atoms with Crippen molar-refractivity contribution in [3.8, 4) is 0 Å². The van der Waals surface area contributed by atoms with Crippen molar-refractivity contribution in [3.05, 3.63) is 39.7 Å². The number of carbonyl (C=O) groups excluding carboxylic acids is 1. The van der Waals surface area contributed by atoms with Crippen LogP contribution in [0.5, 0.6) is 0 Å². The molecule has 5 heteroatoms. The van der Waals surface area contributed by atoms with E-state index in [9.17, 15) is 4.79 Å². The third-order valence-electron chi connectivity index (χ3n) is 4.92. The summed E-state index contributed by atoms with van der Waals surface area (Å²) < 4.78 is 0. The van der Waals surface area contributed by atoms with E-state index in [0.717, 1.165) is 5.56 Å². The zero-order chi connectivity index (χ0) is 14.7. The molecule has 0 spiro atoms. The molecule has 0 fully saturated rings. The smallest absolute Gasteiger partial charge is 0.254 e. The molecule has 1 amide bonds. The number of amides is 1. The summed E-state index contributed by atoms with van der Waals surface area (Å²) in [6.45, 7) is 6.52. The number of rotatable bonds is 3. The van der Waals surface area contributed by atoms with Gasteiger partial charge in [0, 0.05) is 29.6 Å². The van der Waals surface area contributed by atoms with Crippen molar-refractivity contribution >= 4 is 23.7 Å². The monoisotopic (exact) mass is 289 g/mol. The van der Waals surface area contributed by atoms with Crippen LogP contribution in [0.1, 0.15) is 36.7 Å². The minimum atomic E-state index is -0.363. The van der Waals surface area contributed by atoms with Crippen LogP contribution < -0.4 is 0 Å². The van der Waals surface area contributed by atoms with E-state index < -0.39 is 0 Å². The number of aromatic nitrogens is 1. The molecule has 0 radical (unpaired) electrons. The standard InChI is InChI=1S/C15H16ClN3O/c1-8-9(2)15(8,7-17)10(3)19-6-12-11(14(19)20)4-5-18-13(12)16/h4-5,7,10,17H,6H2,1-3H3. The second-order valence-corrected chi connectivity index (χ2v) is 5.86. The third kappa shape index (κ3) is 1.45. The average Bonchev–Trinajstić information content (AvgIpc) is 2.80. The Morgan fingerprint density at radius 2 is 2.15 bits per heavy atom. The Hall–Kier alpha value is -1.68. The molecule has 1 aromatic heterocycles. The summed E-state index contributed by atoms with van der Waals surface area (Å²) in [5, 5.41) is 8.14. The van der Waals surface area contributed by atoms with Crippen molar-refractivity contribution in [3.63, 3.8) is 0 Å². The van der Waals surface area contributed by atoms with Crippen LogP contribution >= 0.6 is 11.6 Å². The Morgan fingerprint density at radius 1 is 1.50 bits per heavy atom. The summed E-state index contributed by atoms with van der Waals surface area (Å²) in [7, 11) is 0. The lowest BCUT2D eigenvalue weighted by Gasteiger charge is -2.31. The zero-order valence-electron chi connectivity index (χ0n) is 11.7. The molecular formula is C15H16ClN3O. The van der Waals surface area contributed by atoms with Crippen molar-refractivity contribution in [2.24, 2.45) is 5.41 Å². The highest BCUT2D eigenvalue weighted by molar-refractivity contribution is 6.30. The predicted octanol–water partition coefficient (Wildman–Crippen LogP) is 3.07. The molecule has 1 N–H and O–H groups in total. The van der Waals surface area contributed by atoms with Gasteiger partial charge in [0.15, 0.2) is 0 Å². The summed E-state index contributed by atoms with van der Waals surface area (Å²) in [4.78, 5) is 18.4. The second-order valence-electron chi connectivity index (χ2n) is 5.50. The maximum Gasteiger partial charge on any atom is 0.254 e. The lowest BCUT2D eigenvalue weighted by molar-refractivity contribution is 0.0682. The van der Waals surface area contributed by atoms with Gasteiger partial charge in [0.2, 0.25) is 0 Å². The van der Waals surface area contributed by atoms with Gasteiger partial charge in [-0.15, -0.1) is 0 Å². The summed E-state index contributed by atoms with van der Waals surface area (Å²) in [5.41, 5.74) is 3.44. The highest BCUT2D eigenvalue weighted by atomic mass is 35.5. The van der Waals surface area contributed by atoms with Crippen molar-refractivity contribution in [2.75, 3.05) is 0 Å². The van der Waals surface area contributed by atoms with Crippen molar-refractivity contribution in [2.45, 2.75) is 33.4 Å². The molecule has 1 aliphatic carbocycles. The number of halogens is 1. The van der Waals surface area contributed by atoms with Crippen LogP contribution in [0.3, 0.4) is 0 Å². The highest BCUT2D eigenvalue weighted by Crippen LogP contribution is 2.55. The molecule has 2 aliphatic rings. The van der Waals surface area contributed by atoms with Crippen molar-refractivity contribution in [1.29, 1.82) is 5.41 Å². The van der Waals surface area contributed by atoms with Crippen LogP contribution in [0, 0.1) is 10.8 Å². The topological polar surface area (TPSA) is 57.1 Å². The van der Waals surface area contributed by atoms with Gasteiger partial charge in [-0.3, -0.25) is 4.79 Å². The molecule has 0 saturated carbocycles. The second kappa shape index (κ2) is 4.16. The maximum atomic E-state index is 12.5. The van der Waals surface area contributed by atoms with E-state index >= 15 is 0 Å². The molecule has 0 aromatic carbocycles. The Kier molecular flexibility index (Phi) is 2.77. The Bertz CT molecular complexity index is 653. The van der Waals surface area contributed by atoms with Crippen molar-refractivity contribution in [1.82, 2.24) is 9.88 Å². The van der Waals surface area contributed by atoms with Gasteiger partial charge in [-0.05, 0) is 26.8 Å². The maximum absolute atomic E-state index is 12.5. The fraction of sp³-hybridized carbons (Fsp3) is 0.400. The van der Waals surface area contributed by atoms with E-state index in [0.29, 0.717) is 17.3 Å².